The lowest BCUT2D eigenvalue weighted by atomic mass is 10.1. The number of rotatable bonds is 3. The van der Waals surface area contributed by atoms with E-state index in [1.807, 2.05) is 11.9 Å². The molecule has 1 aliphatic rings. The molecule has 26 heavy (non-hydrogen) atoms. The van der Waals surface area contributed by atoms with Crippen LogP contribution >= 0.6 is 23.2 Å². The zero-order valence-electron chi connectivity index (χ0n) is 14.3. The van der Waals surface area contributed by atoms with Crippen molar-refractivity contribution in [1.82, 2.24) is 9.80 Å². The molecule has 0 aromatic heterocycles. The molecule has 136 valence electrons. The van der Waals surface area contributed by atoms with Crippen LogP contribution in [0.3, 0.4) is 0 Å². The minimum Gasteiger partial charge on any atom is -0.336 e. The predicted molar refractivity (Wildman–Crippen MR) is 104 cm³/mol. The minimum absolute atomic E-state index is 0.0569. The molecule has 1 aliphatic heterocycles. The second kappa shape index (κ2) is 8.08. The first-order valence-corrected chi connectivity index (χ1v) is 9.03. The fourth-order valence-electron chi connectivity index (χ4n) is 2.81. The van der Waals surface area contributed by atoms with E-state index < -0.39 is 0 Å². The SMILES string of the molecule is CN1CCN(C(=O)c2cccc(C(=O)Nc3cc(Cl)cc(Cl)c3)c2)CC1. The average Bonchev–Trinajstić information content (AvgIpc) is 2.61. The van der Waals surface area contributed by atoms with E-state index in [1.54, 1.807) is 42.5 Å². The molecule has 0 radical (unpaired) electrons. The van der Waals surface area contributed by atoms with Crippen molar-refractivity contribution >= 4 is 40.7 Å². The van der Waals surface area contributed by atoms with Gasteiger partial charge in [-0.3, -0.25) is 9.59 Å². The monoisotopic (exact) mass is 391 g/mol. The molecule has 3 rings (SSSR count). The summed E-state index contributed by atoms with van der Waals surface area (Å²) in [5, 5.41) is 3.63. The van der Waals surface area contributed by atoms with Gasteiger partial charge in [0.05, 0.1) is 0 Å². The van der Waals surface area contributed by atoms with Crippen molar-refractivity contribution in [3.63, 3.8) is 0 Å². The molecule has 0 saturated carbocycles. The standard InChI is InChI=1S/C19H19Cl2N3O2/c1-23-5-7-24(8-6-23)19(26)14-4-2-3-13(9-14)18(25)22-17-11-15(20)10-16(21)12-17/h2-4,9-12H,5-8H2,1H3,(H,22,25). The molecule has 0 atom stereocenters. The highest BCUT2D eigenvalue weighted by molar-refractivity contribution is 6.35. The van der Waals surface area contributed by atoms with Gasteiger partial charge in [0.15, 0.2) is 0 Å². The molecule has 0 bridgehead atoms. The van der Waals surface area contributed by atoms with Crippen molar-refractivity contribution in [3.8, 4) is 0 Å². The van der Waals surface area contributed by atoms with Crippen LogP contribution in [0.5, 0.6) is 0 Å². The molecule has 2 aromatic rings. The molecule has 7 heteroatoms. The largest absolute Gasteiger partial charge is 0.336 e. The summed E-state index contributed by atoms with van der Waals surface area (Å²) in [7, 11) is 2.04. The number of anilines is 1. The third-order valence-corrected chi connectivity index (χ3v) is 4.72. The molecule has 1 heterocycles. The Kier molecular flexibility index (Phi) is 5.81. The number of piperazine rings is 1. The Labute approximate surface area is 162 Å². The third-order valence-electron chi connectivity index (χ3n) is 4.28. The summed E-state index contributed by atoms with van der Waals surface area (Å²) in [6.07, 6.45) is 0. The number of amides is 2. The fourth-order valence-corrected chi connectivity index (χ4v) is 3.34. The first-order chi connectivity index (χ1) is 12.4. The summed E-state index contributed by atoms with van der Waals surface area (Å²) in [4.78, 5) is 29.2. The Morgan fingerprint density at radius 2 is 1.54 bits per heavy atom. The first-order valence-electron chi connectivity index (χ1n) is 8.28. The number of benzene rings is 2. The van der Waals surface area contributed by atoms with Crippen molar-refractivity contribution < 1.29 is 9.59 Å². The second-order valence-corrected chi connectivity index (χ2v) is 7.16. The number of halogens is 2. The third kappa shape index (κ3) is 4.55. The van der Waals surface area contributed by atoms with Crippen molar-refractivity contribution in [3.05, 3.63) is 63.6 Å². The van der Waals surface area contributed by atoms with Crippen molar-refractivity contribution in [1.29, 1.82) is 0 Å². The van der Waals surface area contributed by atoms with Crippen molar-refractivity contribution in [2.24, 2.45) is 0 Å². The Hall–Kier alpha value is -2.08. The highest BCUT2D eigenvalue weighted by atomic mass is 35.5. The second-order valence-electron chi connectivity index (χ2n) is 6.29. The normalized spacial score (nSPS) is 15.0. The number of hydrogen-bond donors (Lipinski definition) is 1. The van der Waals surface area contributed by atoms with Crippen LogP contribution in [0.15, 0.2) is 42.5 Å². The maximum atomic E-state index is 12.7. The summed E-state index contributed by atoms with van der Waals surface area (Å²) in [5.74, 6) is -0.380. The highest BCUT2D eigenvalue weighted by Gasteiger charge is 2.21. The first kappa shape index (κ1) is 18.7. The van der Waals surface area contributed by atoms with Gasteiger partial charge in [-0.15, -0.1) is 0 Å². The van der Waals surface area contributed by atoms with E-state index in [1.165, 1.54) is 0 Å². The van der Waals surface area contributed by atoms with Gasteiger partial charge in [-0.1, -0.05) is 29.3 Å². The summed E-state index contributed by atoms with van der Waals surface area (Å²) < 4.78 is 0. The zero-order chi connectivity index (χ0) is 18.7. The molecule has 0 aliphatic carbocycles. The molecule has 1 fully saturated rings. The summed E-state index contributed by atoms with van der Waals surface area (Å²) >= 11 is 11.9. The molecule has 1 N–H and O–H groups in total. The lowest BCUT2D eigenvalue weighted by molar-refractivity contribution is 0.0664. The highest BCUT2D eigenvalue weighted by Crippen LogP contribution is 2.23. The summed E-state index contributed by atoms with van der Waals surface area (Å²) in [5.41, 5.74) is 1.41. The van der Waals surface area contributed by atoms with E-state index in [4.69, 9.17) is 23.2 Å². The van der Waals surface area contributed by atoms with Crippen molar-refractivity contribution in [2.75, 3.05) is 38.5 Å². The van der Waals surface area contributed by atoms with E-state index >= 15 is 0 Å². The smallest absolute Gasteiger partial charge is 0.255 e. The Morgan fingerprint density at radius 3 is 2.19 bits per heavy atom. The lowest BCUT2D eigenvalue weighted by Gasteiger charge is -2.32. The minimum atomic E-state index is -0.323. The Morgan fingerprint density at radius 1 is 0.923 bits per heavy atom. The average molecular weight is 392 g/mol. The number of carbonyl (C=O) groups is 2. The molecular weight excluding hydrogens is 373 g/mol. The van der Waals surface area contributed by atoms with Gasteiger partial charge in [0.2, 0.25) is 0 Å². The molecule has 0 spiro atoms. The molecule has 5 nitrogen and oxygen atoms in total. The molecule has 2 amide bonds. The van der Waals surface area contributed by atoms with Crippen molar-refractivity contribution in [2.45, 2.75) is 0 Å². The van der Waals surface area contributed by atoms with E-state index in [0.717, 1.165) is 13.1 Å². The van der Waals surface area contributed by atoms with Crippen LogP contribution in [-0.2, 0) is 0 Å². The maximum Gasteiger partial charge on any atom is 0.255 e. The van der Waals surface area contributed by atoms with Gasteiger partial charge in [-0.05, 0) is 43.4 Å². The number of carbonyl (C=O) groups excluding carboxylic acids is 2. The van der Waals surface area contributed by atoms with E-state index in [0.29, 0.717) is 39.9 Å². The molecule has 1 saturated heterocycles. The van der Waals surface area contributed by atoms with Gasteiger partial charge in [-0.2, -0.15) is 0 Å². The fraction of sp³-hybridized carbons (Fsp3) is 0.263. The van der Waals surface area contributed by atoms with Gasteiger partial charge >= 0.3 is 0 Å². The van der Waals surface area contributed by atoms with Crippen LogP contribution in [0.2, 0.25) is 10.0 Å². The predicted octanol–water partition coefficient (Wildman–Crippen LogP) is 3.63. The van der Waals surface area contributed by atoms with Gasteiger partial charge < -0.3 is 15.1 Å². The van der Waals surface area contributed by atoms with E-state index in [-0.39, 0.29) is 11.8 Å². The van der Waals surface area contributed by atoms with E-state index in [9.17, 15) is 9.59 Å². The van der Waals surface area contributed by atoms with Crippen LogP contribution in [0, 0.1) is 0 Å². The number of likely N-dealkylation sites (N-methyl/N-ethyl adjacent to an activating group) is 1. The van der Waals surface area contributed by atoms with E-state index in [2.05, 4.69) is 10.2 Å². The van der Waals surface area contributed by atoms with Gasteiger partial charge in [0.1, 0.15) is 0 Å². The van der Waals surface area contributed by atoms with Gasteiger partial charge in [0, 0.05) is 53.0 Å². The topological polar surface area (TPSA) is 52.7 Å². The Bertz CT molecular complexity index is 813. The number of nitrogens with one attached hydrogen (secondary N) is 1. The van der Waals surface area contributed by atoms with Gasteiger partial charge in [0.25, 0.3) is 11.8 Å². The lowest BCUT2D eigenvalue weighted by Crippen LogP contribution is -2.47. The summed E-state index contributed by atoms with van der Waals surface area (Å²) in [6, 6.07) is 11.5. The van der Waals surface area contributed by atoms with Crippen LogP contribution in [0.1, 0.15) is 20.7 Å². The number of nitrogens with zero attached hydrogens (tertiary/aromatic N) is 2. The zero-order valence-corrected chi connectivity index (χ0v) is 15.8. The van der Waals surface area contributed by atoms with Crippen LogP contribution in [0.25, 0.3) is 0 Å². The molecular formula is C19H19Cl2N3O2. The quantitative estimate of drug-likeness (QED) is 0.868. The number of hydrogen-bond acceptors (Lipinski definition) is 3. The Balaban J connectivity index is 1.74. The molecule has 0 unspecified atom stereocenters. The van der Waals surface area contributed by atoms with Crippen LogP contribution < -0.4 is 5.32 Å². The van der Waals surface area contributed by atoms with Gasteiger partial charge in [-0.25, -0.2) is 0 Å². The van der Waals surface area contributed by atoms with Crippen LogP contribution in [-0.4, -0.2) is 54.8 Å². The summed E-state index contributed by atoms with van der Waals surface area (Å²) in [6.45, 7) is 3.07. The van der Waals surface area contributed by atoms with Crippen LogP contribution in [0.4, 0.5) is 5.69 Å². The maximum absolute atomic E-state index is 12.7. The molecule has 2 aromatic carbocycles.